The highest BCUT2D eigenvalue weighted by Gasteiger charge is 1.94. The minimum absolute atomic E-state index is 0. The van der Waals surface area contributed by atoms with Crippen LogP contribution in [0.4, 0.5) is 0 Å². The van der Waals surface area contributed by atoms with Gasteiger partial charge in [0.15, 0.2) is 0 Å². The molecule has 4 nitrogen and oxygen atoms in total. The lowest BCUT2D eigenvalue weighted by Gasteiger charge is -2.08. The van der Waals surface area contributed by atoms with Crippen LogP contribution in [0.2, 0.25) is 0 Å². The van der Waals surface area contributed by atoms with Gasteiger partial charge in [0.25, 0.3) is 0 Å². The lowest BCUT2D eigenvalue weighted by atomic mass is 10.4. The Bertz CT molecular complexity index is 135. The Kier molecular flexibility index (Phi) is 9.40. The SMILES string of the molecule is C=CC(=O)OCCCN(C)C.N. The van der Waals surface area contributed by atoms with E-state index in [0.717, 1.165) is 13.0 Å². The van der Waals surface area contributed by atoms with Gasteiger partial charge in [0.1, 0.15) is 0 Å². The van der Waals surface area contributed by atoms with Gasteiger partial charge in [-0.3, -0.25) is 0 Å². The number of rotatable bonds is 5. The van der Waals surface area contributed by atoms with Gasteiger partial charge < -0.3 is 15.8 Å². The van der Waals surface area contributed by atoms with Crippen molar-refractivity contribution < 1.29 is 9.53 Å². The Morgan fingerprint density at radius 2 is 2.17 bits per heavy atom. The van der Waals surface area contributed by atoms with Crippen LogP contribution in [0.1, 0.15) is 6.42 Å². The van der Waals surface area contributed by atoms with Gasteiger partial charge in [-0.1, -0.05) is 6.58 Å². The van der Waals surface area contributed by atoms with Crippen LogP contribution < -0.4 is 6.15 Å². The predicted molar refractivity (Wildman–Crippen MR) is 49.3 cm³/mol. The zero-order valence-corrected chi connectivity index (χ0v) is 7.88. The van der Waals surface area contributed by atoms with Crippen LogP contribution in [-0.2, 0) is 9.53 Å². The first-order valence-corrected chi connectivity index (χ1v) is 3.60. The Labute approximate surface area is 73.8 Å². The van der Waals surface area contributed by atoms with E-state index in [1.54, 1.807) is 0 Å². The van der Waals surface area contributed by atoms with Crippen LogP contribution in [0.25, 0.3) is 0 Å². The second-order valence-electron chi connectivity index (χ2n) is 2.53. The first-order valence-electron chi connectivity index (χ1n) is 3.60. The van der Waals surface area contributed by atoms with Gasteiger partial charge in [-0.15, -0.1) is 0 Å². The van der Waals surface area contributed by atoms with Gasteiger partial charge in [-0.25, -0.2) is 4.79 Å². The summed E-state index contributed by atoms with van der Waals surface area (Å²) in [6.45, 7) is 4.70. The minimum atomic E-state index is -0.344. The summed E-state index contributed by atoms with van der Waals surface area (Å²) < 4.78 is 4.76. The Hall–Kier alpha value is -0.870. The van der Waals surface area contributed by atoms with Crippen molar-refractivity contribution in [2.24, 2.45) is 0 Å². The summed E-state index contributed by atoms with van der Waals surface area (Å²) in [6.07, 6.45) is 2.04. The highest BCUT2D eigenvalue weighted by Crippen LogP contribution is 1.86. The number of hydrogen-bond donors (Lipinski definition) is 1. The molecule has 0 saturated carbocycles. The summed E-state index contributed by atoms with van der Waals surface area (Å²) in [7, 11) is 3.96. The van der Waals surface area contributed by atoms with E-state index in [0.29, 0.717) is 6.61 Å². The number of nitrogens with zero attached hydrogens (tertiary/aromatic N) is 1. The average Bonchev–Trinajstić information content (AvgIpc) is 1.97. The van der Waals surface area contributed by atoms with Gasteiger partial charge in [0, 0.05) is 12.6 Å². The second-order valence-corrected chi connectivity index (χ2v) is 2.53. The monoisotopic (exact) mass is 174 g/mol. The highest BCUT2D eigenvalue weighted by molar-refractivity contribution is 5.81. The molecular weight excluding hydrogens is 156 g/mol. The molecule has 0 fully saturated rings. The maximum absolute atomic E-state index is 10.5. The third-order valence-corrected chi connectivity index (χ3v) is 1.16. The van der Waals surface area contributed by atoms with Crippen LogP contribution in [0, 0.1) is 0 Å². The maximum Gasteiger partial charge on any atom is 0.330 e. The van der Waals surface area contributed by atoms with Crippen LogP contribution >= 0.6 is 0 Å². The maximum atomic E-state index is 10.5. The molecule has 0 amide bonds. The molecule has 0 bridgehead atoms. The van der Waals surface area contributed by atoms with Crippen LogP contribution in [0.15, 0.2) is 12.7 Å². The van der Waals surface area contributed by atoms with Crippen molar-refractivity contribution in [2.75, 3.05) is 27.2 Å². The molecule has 0 aliphatic rings. The number of ether oxygens (including phenoxy) is 1. The molecule has 0 heterocycles. The second kappa shape index (κ2) is 8.23. The van der Waals surface area contributed by atoms with Crippen LogP contribution in [0.3, 0.4) is 0 Å². The van der Waals surface area contributed by atoms with E-state index in [1.807, 2.05) is 19.0 Å². The normalized spacial score (nSPS) is 8.92. The minimum Gasteiger partial charge on any atom is -0.462 e. The third kappa shape index (κ3) is 9.13. The molecule has 0 aromatic heterocycles. The molecule has 0 radical (unpaired) electrons. The summed E-state index contributed by atoms with van der Waals surface area (Å²) in [4.78, 5) is 12.5. The van der Waals surface area contributed by atoms with E-state index >= 15 is 0 Å². The van der Waals surface area contributed by atoms with E-state index in [1.165, 1.54) is 6.08 Å². The van der Waals surface area contributed by atoms with E-state index in [2.05, 4.69) is 6.58 Å². The third-order valence-electron chi connectivity index (χ3n) is 1.16. The van der Waals surface area contributed by atoms with E-state index < -0.39 is 0 Å². The largest absolute Gasteiger partial charge is 0.462 e. The number of esters is 1. The lowest BCUT2D eigenvalue weighted by molar-refractivity contribution is -0.137. The number of carbonyl (C=O) groups excluding carboxylic acids is 1. The van der Waals surface area contributed by atoms with Gasteiger partial charge in [0.2, 0.25) is 0 Å². The Balaban J connectivity index is 0. The van der Waals surface area contributed by atoms with Gasteiger partial charge >= 0.3 is 5.97 Å². The fraction of sp³-hybridized carbons (Fsp3) is 0.625. The molecule has 3 N–H and O–H groups in total. The van der Waals surface area contributed by atoms with E-state index in [4.69, 9.17) is 4.74 Å². The summed E-state index contributed by atoms with van der Waals surface area (Å²) in [5.41, 5.74) is 0. The van der Waals surface area contributed by atoms with Crippen LogP contribution in [0.5, 0.6) is 0 Å². The molecular formula is C8H18N2O2. The zero-order chi connectivity index (χ0) is 8.69. The van der Waals surface area contributed by atoms with Gasteiger partial charge in [-0.2, -0.15) is 0 Å². The van der Waals surface area contributed by atoms with Crippen molar-refractivity contribution >= 4 is 5.97 Å². The van der Waals surface area contributed by atoms with Crippen molar-refractivity contribution in [1.29, 1.82) is 0 Å². The van der Waals surface area contributed by atoms with Crippen molar-refractivity contribution in [1.82, 2.24) is 11.1 Å². The quantitative estimate of drug-likeness (QED) is 0.381. The molecule has 0 aliphatic carbocycles. The molecule has 0 aliphatic heterocycles. The molecule has 12 heavy (non-hydrogen) atoms. The van der Waals surface area contributed by atoms with Crippen molar-refractivity contribution in [3.05, 3.63) is 12.7 Å². The molecule has 72 valence electrons. The number of hydrogen-bond acceptors (Lipinski definition) is 4. The molecule has 0 saturated heterocycles. The Morgan fingerprint density at radius 3 is 2.58 bits per heavy atom. The standard InChI is InChI=1S/C8H15NO2.H3N/c1-4-8(10)11-7-5-6-9(2)3;/h4H,1,5-7H2,2-3H3;1H3. The van der Waals surface area contributed by atoms with E-state index in [-0.39, 0.29) is 12.1 Å². The summed E-state index contributed by atoms with van der Waals surface area (Å²) >= 11 is 0. The first-order chi connectivity index (χ1) is 5.16. The molecule has 0 aromatic rings. The lowest BCUT2D eigenvalue weighted by Crippen LogP contribution is -2.15. The highest BCUT2D eigenvalue weighted by atomic mass is 16.5. The molecule has 4 heteroatoms. The van der Waals surface area contributed by atoms with Crippen molar-refractivity contribution in [3.63, 3.8) is 0 Å². The van der Waals surface area contributed by atoms with Gasteiger partial charge in [0.05, 0.1) is 6.61 Å². The fourth-order valence-electron chi connectivity index (χ4n) is 0.612. The van der Waals surface area contributed by atoms with Crippen molar-refractivity contribution in [3.8, 4) is 0 Å². The summed E-state index contributed by atoms with van der Waals surface area (Å²) in [5.74, 6) is -0.344. The zero-order valence-electron chi connectivity index (χ0n) is 7.88. The molecule has 0 rings (SSSR count). The molecule has 0 aromatic carbocycles. The fourth-order valence-corrected chi connectivity index (χ4v) is 0.612. The summed E-state index contributed by atoms with van der Waals surface area (Å²) in [5, 5.41) is 0. The summed E-state index contributed by atoms with van der Waals surface area (Å²) in [6, 6.07) is 0. The van der Waals surface area contributed by atoms with Crippen molar-refractivity contribution in [2.45, 2.75) is 6.42 Å². The Morgan fingerprint density at radius 1 is 1.58 bits per heavy atom. The van der Waals surface area contributed by atoms with E-state index in [9.17, 15) is 4.79 Å². The average molecular weight is 174 g/mol. The molecule has 0 spiro atoms. The molecule has 0 atom stereocenters. The first kappa shape index (κ1) is 13.7. The van der Waals surface area contributed by atoms with Gasteiger partial charge in [-0.05, 0) is 20.5 Å². The predicted octanol–water partition coefficient (Wildman–Crippen LogP) is 0.829. The smallest absolute Gasteiger partial charge is 0.330 e. The van der Waals surface area contributed by atoms with Crippen LogP contribution in [-0.4, -0.2) is 38.1 Å². The number of carbonyl (C=O) groups is 1. The topological polar surface area (TPSA) is 64.5 Å². The molecule has 0 unspecified atom stereocenters.